The van der Waals surface area contributed by atoms with Gasteiger partial charge in [-0.1, -0.05) is 23.7 Å². The first-order valence-electron chi connectivity index (χ1n) is 8.64. The van der Waals surface area contributed by atoms with E-state index in [0.29, 0.717) is 0 Å². The molecule has 1 aliphatic heterocycles. The lowest BCUT2D eigenvalue weighted by molar-refractivity contribution is 0.312. The summed E-state index contributed by atoms with van der Waals surface area (Å²) in [6.07, 6.45) is 5.23. The molecule has 0 N–H and O–H groups in total. The minimum absolute atomic E-state index is 0.778. The number of nitrogens with zero attached hydrogens (tertiary/aromatic N) is 3. The molecule has 0 atom stereocenters. The SMILES string of the molecule is CC(=Cn1c2c(c3ccc(Cl)cc31)CN(C)CC2)c1ccc(C)nc1. The number of hydrogen-bond donors (Lipinski definition) is 0. The highest BCUT2D eigenvalue weighted by Crippen LogP contribution is 2.33. The highest BCUT2D eigenvalue weighted by molar-refractivity contribution is 6.31. The third-order valence-corrected chi connectivity index (χ3v) is 5.27. The standard InChI is InChI=1S/C21H22ClN3/c1-14(16-5-4-15(2)23-11-16)12-25-20-8-9-24(3)13-19(20)18-7-6-17(22)10-21(18)25/h4-7,10-12H,8-9,13H2,1-3H3. The van der Waals surface area contributed by atoms with Gasteiger partial charge < -0.3 is 9.47 Å². The fourth-order valence-corrected chi connectivity index (χ4v) is 3.78. The van der Waals surface area contributed by atoms with E-state index in [1.54, 1.807) is 0 Å². The third kappa shape index (κ3) is 2.99. The van der Waals surface area contributed by atoms with Crippen molar-refractivity contribution < 1.29 is 0 Å². The van der Waals surface area contributed by atoms with Crippen LogP contribution in [0.2, 0.25) is 5.02 Å². The molecule has 3 heterocycles. The molecule has 2 aromatic heterocycles. The summed E-state index contributed by atoms with van der Waals surface area (Å²) >= 11 is 6.30. The second-order valence-corrected chi connectivity index (χ2v) is 7.38. The Bertz CT molecular complexity index is 967. The molecule has 25 heavy (non-hydrogen) atoms. The van der Waals surface area contributed by atoms with E-state index in [1.807, 2.05) is 19.2 Å². The molecule has 1 aromatic carbocycles. The van der Waals surface area contributed by atoms with Crippen molar-refractivity contribution in [2.24, 2.45) is 0 Å². The quantitative estimate of drug-likeness (QED) is 0.647. The lowest BCUT2D eigenvalue weighted by Crippen LogP contribution is -2.26. The first kappa shape index (κ1) is 16.4. The van der Waals surface area contributed by atoms with Gasteiger partial charge >= 0.3 is 0 Å². The number of aryl methyl sites for hydroxylation is 1. The van der Waals surface area contributed by atoms with Crippen LogP contribution in [0.4, 0.5) is 0 Å². The molecule has 3 aromatic rings. The number of allylic oxidation sites excluding steroid dienone is 1. The van der Waals surface area contributed by atoms with E-state index >= 15 is 0 Å². The smallest absolute Gasteiger partial charge is 0.0543 e. The van der Waals surface area contributed by atoms with Gasteiger partial charge in [0.1, 0.15) is 0 Å². The lowest BCUT2D eigenvalue weighted by Gasteiger charge is -2.23. The minimum atomic E-state index is 0.778. The van der Waals surface area contributed by atoms with E-state index in [0.717, 1.165) is 35.8 Å². The molecular formula is C21H22ClN3. The fourth-order valence-electron chi connectivity index (χ4n) is 3.62. The molecule has 0 saturated heterocycles. The van der Waals surface area contributed by atoms with Crippen LogP contribution < -0.4 is 0 Å². The van der Waals surface area contributed by atoms with Gasteiger partial charge in [0.2, 0.25) is 0 Å². The third-order valence-electron chi connectivity index (χ3n) is 5.03. The zero-order valence-electron chi connectivity index (χ0n) is 14.9. The molecule has 128 valence electrons. The van der Waals surface area contributed by atoms with Crippen LogP contribution in [0.3, 0.4) is 0 Å². The van der Waals surface area contributed by atoms with Gasteiger partial charge in [-0.05, 0) is 55.8 Å². The molecule has 0 unspecified atom stereocenters. The molecule has 1 aliphatic rings. The van der Waals surface area contributed by atoms with E-state index in [-0.39, 0.29) is 0 Å². The van der Waals surface area contributed by atoms with Crippen LogP contribution in [0.1, 0.15) is 29.4 Å². The summed E-state index contributed by atoms with van der Waals surface area (Å²) in [7, 11) is 2.18. The average Bonchev–Trinajstić information content (AvgIpc) is 2.88. The highest BCUT2D eigenvalue weighted by atomic mass is 35.5. The first-order chi connectivity index (χ1) is 12.0. The molecule has 0 bridgehead atoms. The maximum Gasteiger partial charge on any atom is 0.0543 e. The Morgan fingerprint density at radius 1 is 1.24 bits per heavy atom. The van der Waals surface area contributed by atoms with Crippen molar-refractivity contribution >= 4 is 34.3 Å². The van der Waals surface area contributed by atoms with E-state index < -0.39 is 0 Å². The predicted molar refractivity (Wildman–Crippen MR) is 106 cm³/mol. The van der Waals surface area contributed by atoms with Crippen molar-refractivity contribution in [1.82, 2.24) is 14.5 Å². The van der Waals surface area contributed by atoms with Gasteiger partial charge in [0.15, 0.2) is 0 Å². The summed E-state index contributed by atoms with van der Waals surface area (Å²) in [6.45, 7) is 6.22. The Morgan fingerprint density at radius 3 is 2.84 bits per heavy atom. The summed E-state index contributed by atoms with van der Waals surface area (Å²) in [6, 6.07) is 10.4. The zero-order chi connectivity index (χ0) is 17.6. The number of pyridine rings is 1. The molecule has 0 aliphatic carbocycles. The second kappa shape index (κ2) is 6.32. The summed E-state index contributed by atoms with van der Waals surface area (Å²) in [5.74, 6) is 0. The summed E-state index contributed by atoms with van der Waals surface area (Å²) < 4.78 is 2.33. The van der Waals surface area contributed by atoms with Crippen molar-refractivity contribution in [2.45, 2.75) is 26.8 Å². The van der Waals surface area contributed by atoms with Gasteiger partial charge in [0.05, 0.1) is 5.52 Å². The molecule has 4 rings (SSSR count). The Labute approximate surface area is 153 Å². The van der Waals surface area contributed by atoms with Gasteiger partial charge in [0.25, 0.3) is 0 Å². The molecular weight excluding hydrogens is 330 g/mol. The molecule has 0 saturated carbocycles. The number of halogens is 1. The summed E-state index contributed by atoms with van der Waals surface area (Å²) in [4.78, 5) is 6.80. The molecule has 4 heteroatoms. The van der Waals surface area contributed by atoms with Crippen LogP contribution >= 0.6 is 11.6 Å². The van der Waals surface area contributed by atoms with Crippen molar-refractivity contribution in [1.29, 1.82) is 0 Å². The van der Waals surface area contributed by atoms with Crippen molar-refractivity contribution in [3.63, 3.8) is 0 Å². The molecule has 0 radical (unpaired) electrons. The van der Waals surface area contributed by atoms with Gasteiger partial charge in [-0.15, -0.1) is 0 Å². The van der Waals surface area contributed by atoms with Crippen molar-refractivity contribution in [3.8, 4) is 0 Å². The van der Waals surface area contributed by atoms with E-state index in [4.69, 9.17) is 11.6 Å². The number of benzene rings is 1. The zero-order valence-corrected chi connectivity index (χ0v) is 15.6. The van der Waals surface area contributed by atoms with Crippen LogP contribution in [0, 0.1) is 6.92 Å². The van der Waals surface area contributed by atoms with Gasteiger partial charge in [-0.25, -0.2) is 0 Å². The van der Waals surface area contributed by atoms with Gasteiger partial charge in [-0.3, -0.25) is 4.98 Å². The number of likely N-dealkylation sites (N-methyl/N-ethyl adjacent to an activating group) is 1. The Balaban J connectivity index is 1.90. The van der Waals surface area contributed by atoms with Gasteiger partial charge in [0, 0.05) is 53.7 Å². The molecule has 0 spiro atoms. The molecule has 0 fully saturated rings. The topological polar surface area (TPSA) is 21.1 Å². The van der Waals surface area contributed by atoms with Crippen LogP contribution in [0.15, 0.2) is 36.5 Å². The van der Waals surface area contributed by atoms with E-state index in [2.05, 4.69) is 58.9 Å². The van der Waals surface area contributed by atoms with Crippen LogP contribution in [0.5, 0.6) is 0 Å². The monoisotopic (exact) mass is 351 g/mol. The first-order valence-corrected chi connectivity index (χ1v) is 9.02. The van der Waals surface area contributed by atoms with Crippen LogP contribution in [0.25, 0.3) is 22.7 Å². The van der Waals surface area contributed by atoms with Gasteiger partial charge in [-0.2, -0.15) is 0 Å². The van der Waals surface area contributed by atoms with Crippen LogP contribution in [-0.2, 0) is 13.0 Å². The number of hydrogen-bond acceptors (Lipinski definition) is 2. The average molecular weight is 352 g/mol. The largest absolute Gasteiger partial charge is 0.320 e. The normalized spacial score (nSPS) is 15.6. The predicted octanol–water partition coefficient (Wildman–Crippen LogP) is 5.00. The number of rotatable bonds is 2. The Hall–Kier alpha value is -2.10. The van der Waals surface area contributed by atoms with Crippen molar-refractivity contribution in [3.05, 3.63) is 64.1 Å². The fraction of sp³-hybridized carbons (Fsp3) is 0.286. The summed E-state index contributed by atoms with van der Waals surface area (Å²) in [5.41, 5.74) is 7.39. The summed E-state index contributed by atoms with van der Waals surface area (Å²) in [5, 5.41) is 2.08. The molecule has 0 amide bonds. The Kier molecular flexibility index (Phi) is 4.14. The lowest BCUT2D eigenvalue weighted by atomic mass is 10.1. The maximum atomic E-state index is 6.30. The van der Waals surface area contributed by atoms with E-state index in [9.17, 15) is 0 Å². The Morgan fingerprint density at radius 2 is 2.08 bits per heavy atom. The minimum Gasteiger partial charge on any atom is -0.320 e. The van der Waals surface area contributed by atoms with Crippen LogP contribution in [-0.4, -0.2) is 28.0 Å². The number of aromatic nitrogens is 2. The number of fused-ring (bicyclic) bond motifs is 3. The second-order valence-electron chi connectivity index (χ2n) is 6.94. The van der Waals surface area contributed by atoms with Crippen molar-refractivity contribution in [2.75, 3.05) is 13.6 Å². The molecule has 3 nitrogen and oxygen atoms in total. The maximum absolute atomic E-state index is 6.30. The van der Waals surface area contributed by atoms with E-state index in [1.165, 1.54) is 27.7 Å². The highest BCUT2D eigenvalue weighted by Gasteiger charge is 2.21.